The number of urea groups is 1. The van der Waals surface area contributed by atoms with Gasteiger partial charge >= 0.3 is 12.0 Å². The van der Waals surface area contributed by atoms with Crippen molar-refractivity contribution in [2.24, 2.45) is 0 Å². The van der Waals surface area contributed by atoms with E-state index >= 15 is 0 Å². The van der Waals surface area contributed by atoms with Gasteiger partial charge in [-0.3, -0.25) is 10.1 Å². The Labute approximate surface area is 227 Å². The average molecular weight is 549 g/mol. The first kappa shape index (κ1) is 26.8. The summed E-state index contributed by atoms with van der Waals surface area (Å²) in [5.74, 6) is -0.103. The van der Waals surface area contributed by atoms with Gasteiger partial charge < -0.3 is 15.2 Å². The lowest BCUT2D eigenvalue weighted by atomic mass is 9.99. The number of carbonyl (C=O) groups is 3. The number of anilines is 2. The summed E-state index contributed by atoms with van der Waals surface area (Å²) < 4.78 is 5.33. The van der Waals surface area contributed by atoms with E-state index in [-0.39, 0.29) is 11.3 Å². The highest BCUT2D eigenvalue weighted by atomic mass is 32.2. The minimum absolute atomic E-state index is 0.146. The number of amides is 2. The summed E-state index contributed by atoms with van der Waals surface area (Å²) in [4.78, 5) is 46.3. The number of carboxylic acid groups (broad SMARTS) is 1. The highest BCUT2D eigenvalue weighted by Crippen LogP contribution is 2.27. The minimum Gasteiger partial charge on any atom is -0.496 e. The van der Waals surface area contributed by atoms with Gasteiger partial charge in [0.25, 0.3) is 0 Å². The smallest absolute Gasteiger partial charge is 0.337 e. The van der Waals surface area contributed by atoms with Crippen LogP contribution in [0.25, 0.3) is 0 Å². The average Bonchev–Trinajstić information content (AvgIpc) is 3.36. The van der Waals surface area contributed by atoms with Crippen LogP contribution < -0.4 is 15.4 Å². The number of hydrogen-bond donors (Lipinski definition) is 3. The Hall–Kier alpha value is -4.22. The monoisotopic (exact) mass is 548 g/mol. The lowest BCUT2D eigenvalue weighted by Crippen LogP contribution is -2.21. The molecule has 0 saturated heterocycles. The van der Waals surface area contributed by atoms with Gasteiger partial charge in [-0.2, -0.15) is 0 Å². The molecule has 2 heterocycles. The number of aryl methyl sites for hydroxylation is 2. The Morgan fingerprint density at radius 3 is 2.55 bits per heavy atom. The van der Waals surface area contributed by atoms with Crippen LogP contribution >= 0.6 is 23.1 Å². The van der Waals surface area contributed by atoms with Gasteiger partial charge in [0, 0.05) is 28.6 Å². The third-order valence-electron chi connectivity index (χ3n) is 5.38. The molecule has 9 nitrogen and oxygen atoms in total. The van der Waals surface area contributed by atoms with Crippen LogP contribution in [0.15, 0.2) is 72.0 Å². The molecule has 38 heavy (non-hydrogen) atoms. The van der Waals surface area contributed by atoms with Gasteiger partial charge in [-0.25, -0.2) is 19.6 Å². The molecule has 0 aliphatic carbocycles. The molecule has 0 bridgehead atoms. The Bertz CT molecular complexity index is 1470. The maximum atomic E-state index is 13.3. The third kappa shape index (κ3) is 6.75. The predicted octanol–water partition coefficient (Wildman–Crippen LogP) is 5.76. The van der Waals surface area contributed by atoms with E-state index < -0.39 is 12.0 Å². The highest BCUT2D eigenvalue weighted by molar-refractivity contribution is 7.99. The van der Waals surface area contributed by atoms with E-state index in [9.17, 15) is 14.4 Å². The number of thiazole rings is 1. The van der Waals surface area contributed by atoms with E-state index in [1.54, 1.807) is 48.7 Å². The highest BCUT2D eigenvalue weighted by Gasteiger charge is 2.19. The van der Waals surface area contributed by atoms with Crippen molar-refractivity contribution in [2.45, 2.75) is 18.4 Å². The summed E-state index contributed by atoms with van der Waals surface area (Å²) in [5.41, 5.74) is 2.15. The quantitative estimate of drug-likeness (QED) is 0.168. The second-order valence-corrected chi connectivity index (χ2v) is 10.3. The molecule has 0 aliphatic rings. The van der Waals surface area contributed by atoms with Gasteiger partial charge in [-0.15, -0.1) is 23.1 Å². The fourth-order valence-electron chi connectivity index (χ4n) is 3.51. The molecule has 2 aromatic carbocycles. The zero-order valence-electron chi connectivity index (χ0n) is 20.6. The van der Waals surface area contributed by atoms with Crippen LogP contribution in [0.5, 0.6) is 5.75 Å². The zero-order chi connectivity index (χ0) is 27.1. The molecule has 3 N–H and O–H groups in total. The molecule has 0 saturated carbocycles. The van der Waals surface area contributed by atoms with Crippen LogP contribution in [0.1, 0.15) is 36.7 Å². The second kappa shape index (κ2) is 12.3. The number of nitrogens with one attached hydrogen (secondary N) is 2. The first-order chi connectivity index (χ1) is 18.3. The van der Waals surface area contributed by atoms with Crippen LogP contribution in [0.4, 0.5) is 15.6 Å². The first-order valence-electron chi connectivity index (χ1n) is 11.5. The van der Waals surface area contributed by atoms with Gasteiger partial charge in [-0.05, 0) is 49.7 Å². The zero-order valence-corrected chi connectivity index (χ0v) is 22.2. The van der Waals surface area contributed by atoms with Crippen molar-refractivity contribution >= 4 is 51.7 Å². The topological polar surface area (TPSA) is 131 Å². The number of thioether (sulfide) groups is 1. The van der Waals surface area contributed by atoms with Crippen molar-refractivity contribution in [1.82, 2.24) is 9.97 Å². The lowest BCUT2D eigenvalue weighted by Gasteiger charge is -2.13. The van der Waals surface area contributed by atoms with E-state index in [0.717, 1.165) is 15.5 Å². The molecule has 4 aromatic rings. The van der Waals surface area contributed by atoms with E-state index in [2.05, 4.69) is 20.6 Å². The number of hydrogen-bond acceptors (Lipinski definition) is 8. The molecule has 194 valence electrons. The molecule has 0 aliphatic heterocycles. The van der Waals surface area contributed by atoms with E-state index in [0.29, 0.717) is 39.9 Å². The fourth-order valence-corrected chi connectivity index (χ4v) is 5.27. The number of aromatic nitrogens is 2. The van der Waals surface area contributed by atoms with Gasteiger partial charge in [0.2, 0.25) is 0 Å². The van der Waals surface area contributed by atoms with E-state index in [1.807, 2.05) is 13.0 Å². The van der Waals surface area contributed by atoms with Gasteiger partial charge in [0.1, 0.15) is 5.75 Å². The molecular formula is C27H24N4O5S2. The number of pyridine rings is 1. The molecule has 4 rings (SSSR count). The minimum atomic E-state index is -1.01. The SMILES string of the molecule is COc1ccccc1C(=O)c1cc(C)ccc1NC(=O)Nc1ncc(CCSc2ccc(C(=O)O)cn2)s1. The Kier molecular flexibility index (Phi) is 8.72. The predicted molar refractivity (Wildman–Crippen MR) is 148 cm³/mol. The molecule has 0 fully saturated rings. The van der Waals surface area contributed by atoms with E-state index in [1.165, 1.54) is 42.5 Å². The van der Waals surface area contributed by atoms with Crippen molar-refractivity contribution in [3.8, 4) is 5.75 Å². The third-order valence-corrected chi connectivity index (χ3v) is 7.29. The van der Waals surface area contributed by atoms with E-state index in [4.69, 9.17) is 9.84 Å². The Balaban J connectivity index is 1.36. The van der Waals surface area contributed by atoms with Crippen LogP contribution in [0.3, 0.4) is 0 Å². The maximum Gasteiger partial charge on any atom is 0.337 e. The first-order valence-corrected chi connectivity index (χ1v) is 13.3. The molecule has 2 aromatic heterocycles. The molecule has 0 spiro atoms. The summed E-state index contributed by atoms with van der Waals surface area (Å²) in [5, 5.41) is 15.6. The molecular weight excluding hydrogens is 524 g/mol. The summed E-state index contributed by atoms with van der Waals surface area (Å²) >= 11 is 2.85. The number of methoxy groups -OCH3 is 1. The number of rotatable bonds is 10. The van der Waals surface area contributed by atoms with Crippen LogP contribution in [0, 0.1) is 6.92 Å². The second-order valence-electron chi connectivity index (χ2n) is 8.08. The normalized spacial score (nSPS) is 10.6. The summed E-state index contributed by atoms with van der Waals surface area (Å²) in [7, 11) is 1.51. The molecule has 0 unspecified atom stereocenters. The number of carboxylic acids is 1. The van der Waals surface area contributed by atoms with Crippen molar-refractivity contribution < 1.29 is 24.2 Å². The standard InChI is InChI=1S/C27H24N4O5S2/c1-16-7-9-21(20(13-16)24(32)19-5-3-4-6-22(19)36-2)30-26(35)31-27-29-15-18(38-27)11-12-37-23-10-8-17(14-28-23)25(33)34/h3-10,13-15H,11-12H2,1-2H3,(H,33,34)(H2,29,30,31,35). The van der Waals surface area contributed by atoms with Gasteiger partial charge in [0.15, 0.2) is 10.9 Å². The lowest BCUT2D eigenvalue weighted by molar-refractivity contribution is 0.0696. The molecule has 0 radical (unpaired) electrons. The summed E-state index contributed by atoms with van der Waals surface area (Å²) in [6, 6.07) is 14.9. The number of nitrogens with zero attached hydrogens (tertiary/aromatic N) is 2. The number of ketones is 1. The van der Waals surface area contributed by atoms with Crippen molar-refractivity contribution in [1.29, 1.82) is 0 Å². The van der Waals surface area contributed by atoms with Crippen molar-refractivity contribution in [3.05, 3.63) is 94.1 Å². The summed E-state index contributed by atoms with van der Waals surface area (Å²) in [6.45, 7) is 1.87. The largest absolute Gasteiger partial charge is 0.496 e. The molecule has 11 heteroatoms. The van der Waals surface area contributed by atoms with Crippen molar-refractivity contribution in [2.75, 3.05) is 23.5 Å². The number of aromatic carboxylic acids is 1. The summed E-state index contributed by atoms with van der Waals surface area (Å²) in [6.07, 6.45) is 3.73. The van der Waals surface area contributed by atoms with Crippen LogP contribution in [-0.4, -0.2) is 45.7 Å². The van der Waals surface area contributed by atoms with Crippen LogP contribution in [-0.2, 0) is 6.42 Å². The number of carbonyl (C=O) groups excluding carboxylic acids is 2. The number of ether oxygens (including phenoxy) is 1. The Morgan fingerprint density at radius 1 is 1.00 bits per heavy atom. The maximum absolute atomic E-state index is 13.3. The number of para-hydroxylation sites is 1. The molecule has 2 amide bonds. The number of benzene rings is 2. The van der Waals surface area contributed by atoms with Gasteiger partial charge in [0.05, 0.1) is 29.0 Å². The fraction of sp³-hybridized carbons (Fsp3) is 0.148. The Morgan fingerprint density at radius 2 is 1.82 bits per heavy atom. The van der Waals surface area contributed by atoms with Crippen LogP contribution in [0.2, 0.25) is 0 Å². The van der Waals surface area contributed by atoms with Gasteiger partial charge in [-0.1, -0.05) is 23.8 Å². The van der Waals surface area contributed by atoms with Crippen molar-refractivity contribution in [3.63, 3.8) is 0 Å². The molecule has 0 atom stereocenters.